The maximum absolute atomic E-state index is 10.9. The van der Waals surface area contributed by atoms with Gasteiger partial charge in [-0.25, -0.2) is 0 Å². The molecule has 2 heteroatoms. The number of carbonyl (C=O) groups excluding carboxylic acids is 1. The minimum absolute atomic E-state index is 0.248. The van der Waals surface area contributed by atoms with Gasteiger partial charge in [0.05, 0.1) is 5.41 Å². The molecule has 0 aromatic heterocycles. The summed E-state index contributed by atoms with van der Waals surface area (Å²) in [6.45, 7) is 2.00. The summed E-state index contributed by atoms with van der Waals surface area (Å²) in [6, 6.07) is 5.78. The Morgan fingerprint density at radius 1 is 1.46 bits per heavy atom. The van der Waals surface area contributed by atoms with Crippen LogP contribution in [0.15, 0.2) is 18.2 Å². The van der Waals surface area contributed by atoms with Crippen LogP contribution < -0.4 is 0 Å². The highest BCUT2D eigenvalue weighted by molar-refractivity contribution is 6.31. The van der Waals surface area contributed by atoms with E-state index in [1.807, 2.05) is 25.1 Å². The lowest BCUT2D eigenvalue weighted by Crippen LogP contribution is -2.10. The molecule has 0 aliphatic heterocycles. The third-order valence-corrected chi connectivity index (χ3v) is 3.05. The van der Waals surface area contributed by atoms with E-state index in [4.69, 9.17) is 11.6 Å². The van der Waals surface area contributed by atoms with E-state index >= 15 is 0 Å². The molecule has 0 unspecified atom stereocenters. The quantitative estimate of drug-likeness (QED) is 0.662. The topological polar surface area (TPSA) is 17.1 Å². The third kappa shape index (κ3) is 1.28. The van der Waals surface area contributed by atoms with Crippen molar-refractivity contribution < 1.29 is 4.79 Å². The molecule has 0 bridgehead atoms. The first kappa shape index (κ1) is 8.76. The van der Waals surface area contributed by atoms with Gasteiger partial charge in [-0.1, -0.05) is 23.7 Å². The lowest BCUT2D eigenvalue weighted by molar-refractivity contribution is -0.109. The summed E-state index contributed by atoms with van der Waals surface area (Å²) in [5, 5.41) is 0.726. The van der Waals surface area contributed by atoms with E-state index in [1.165, 1.54) is 0 Å². The first-order valence-electron chi connectivity index (χ1n) is 4.41. The highest BCUT2D eigenvalue weighted by atomic mass is 35.5. The van der Waals surface area contributed by atoms with Crippen molar-refractivity contribution >= 4 is 17.9 Å². The largest absolute Gasteiger partial charge is 0.302 e. The number of aryl methyl sites for hydroxylation is 1. The summed E-state index contributed by atoms with van der Waals surface area (Å²) >= 11 is 6.07. The van der Waals surface area contributed by atoms with Gasteiger partial charge in [-0.2, -0.15) is 0 Å². The summed E-state index contributed by atoms with van der Waals surface area (Å²) in [5.41, 5.74) is 1.91. The molecule has 1 aliphatic carbocycles. The van der Waals surface area contributed by atoms with Crippen LogP contribution in [-0.2, 0) is 10.2 Å². The number of benzene rings is 1. The van der Waals surface area contributed by atoms with Crippen LogP contribution in [-0.4, -0.2) is 6.29 Å². The fourth-order valence-electron chi connectivity index (χ4n) is 1.82. The van der Waals surface area contributed by atoms with Gasteiger partial charge in [0.2, 0.25) is 0 Å². The molecular weight excluding hydrogens is 184 g/mol. The average molecular weight is 195 g/mol. The van der Waals surface area contributed by atoms with E-state index < -0.39 is 0 Å². The van der Waals surface area contributed by atoms with Gasteiger partial charge < -0.3 is 4.79 Å². The van der Waals surface area contributed by atoms with Crippen molar-refractivity contribution in [2.24, 2.45) is 0 Å². The molecule has 0 heterocycles. The Kier molecular flexibility index (Phi) is 1.92. The van der Waals surface area contributed by atoms with E-state index in [1.54, 1.807) is 0 Å². The highest BCUT2D eigenvalue weighted by Crippen LogP contribution is 2.49. The molecule has 0 atom stereocenters. The molecule has 0 radical (unpaired) electrons. The average Bonchev–Trinajstić information content (AvgIpc) is 2.85. The van der Waals surface area contributed by atoms with Crippen LogP contribution in [0.5, 0.6) is 0 Å². The molecule has 1 aromatic rings. The van der Waals surface area contributed by atoms with Crippen molar-refractivity contribution in [3.05, 3.63) is 34.3 Å². The highest BCUT2D eigenvalue weighted by Gasteiger charge is 2.46. The smallest absolute Gasteiger partial charge is 0.130 e. The molecule has 1 aromatic carbocycles. The van der Waals surface area contributed by atoms with Crippen molar-refractivity contribution in [3.8, 4) is 0 Å². The normalized spacial score (nSPS) is 18.3. The van der Waals surface area contributed by atoms with Crippen LogP contribution in [0.3, 0.4) is 0 Å². The summed E-state index contributed by atoms with van der Waals surface area (Å²) < 4.78 is 0. The second kappa shape index (κ2) is 2.85. The predicted octanol–water partition coefficient (Wildman–Crippen LogP) is 2.88. The molecule has 1 nitrogen and oxygen atoms in total. The molecule has 1 fully saturated rings. The van der Waals surface area contributed by atoms with Crippen LogP contribution in [0.4, 0.5) is 0 Å². The Morgan fingerprint density at radius 2 is 2.15 bits per heavy atom. The van der Waals surface area contributed by atoms with Crippen molar-refractivity contribution in [2.75, 3.05) is 0 Å². The minimum Gasteiger partial charge on any atom is -0.302 e. The summed E-state index contributed by atoms with van der Waals surface area (Å²) in [7, 11) is 0. The maximum atomic E-state index is 10.9. The monoisotopic (exact) mass is 194 g/mol. The van der Waals surface area contributed by atoms with E-state index in [-0.39, 0.29) is 5.41 Å². The number of rotatable bonds is 2. The van der Waals surface area contributed by atoms with Crippen LogP contribution >= 0.6 is 11.6 Å². The Morgan fingerprint density at radius 3 is 2.62 bits per heavy atom. The molecule has 13 heavy (non-hydrogen) atoms. The second-order valence-corrected chi connectivity index (χ2v) is 4.11. The van der Waals surface area contributed by atoms with E-state index in [0.29, 0.717) is 0 Å². The Hall–Kier alpha value is -0.820. The van der Waals surface area contributed by atoms with Gasteiger partial charge in [0, 0.05) is 5.02 Å². The van der Waals surface area contributed by atoms with Gasteiger partial charge >= 0.3 is 0 Å². The summed E-state index contributed by atoms with van der Waals surface area (Å²) in [5.74, 6) is 0. The standard InChI is InChI=1S/C11H11ClO/c1-8-3-2-4-9(12)10(8)11(7-13)5-6-11/h2-4,7H,5-6H2,1H3. The summed E-state index contributed by atoms with van der Waals surface area (Å²) in [6.07, 6.45) is 2.93. The SMILES string of the molecule is Cc1cccc(Cl)c1C1(C=O)CC1. The first-order valence-corrected chi connectivity index (χ1v) is 4.79. The molecule has 0 spiro atoms. The Balaban J connectivity index is 2.56. The number of carbonyl (C=O) groups is 1. The van der Waals surface area contributed by atoms with Crippen LogP contribution in [0.1, 0.15) is 24.0 Å². The minimum atomic E-state index is -0.248. The molecule has 2 rings (SSSR count). The van der Waals surface area contributed by atoms with Crippen molar-refractivity contribution in [2.45, 2.75) is 25.2 Å². The first-order chi connectivity index (χ1) is 6.19. The lowest BCUT2D eigenvalue weighted by atomic mass is 9.93. The van der Waals surface area contributed by atoms with E-state index in [0.717, 1.165) is 35.3 Å². The van der Waals surface area contributed by atoms with Gasteiger partial charge in [0.25, 0.3) is 0 Å². The molecule has 0 N–H and O–H groups in total. The molecule has 1 saturated carbocycles. The number of hydrogen-bond donors (Lipinski definition) is 0. The maximum Gasteiger partial charge on any atom is 0.130 e. The van der Waals surface area contributed by atoms with Gasteiger partial charge in [0.15, 0.2) is 0 Å². The molecule has 0 amide bonds. The van der Waals surface area contributed by atoms with Gasteiger partial charge in [-0.05, 0) is 37.0 Å². The van der Waals surface area contributed by atoms with Crippen LogP contribution in [0.2, 0.25) is 5.02 Å². The zero-order chi connectivity index (χ0) is 9.47. The second-order valence-electron chi connectivity index (χ2n) is 3.71. The zero-order valence-corrected chi connectivity index (χ0v) is 8.27. The fourth-order valence-corrected chi connectivity index (χ4v) is 2.23. The number of aldehydes is 1. The van der Waals surface area contributed by atoms with Crippen LogP contribution in [0.25, 0.3) is 0 Å². The third-order valence-electron chi connectivity index (χ3n) is 2.73. The Bertz CT molecular complexity index is 333. The molecule has 68 valence electrons. The van der Waals surface area contributed by atoms with Crippen molar-refractivity contribution in [1.82, 2.24) is 0 Å². The molecule has 0 saturated heterocycles. The van der Waals surface area contributed by atoms with Gasteiger partial charge in [-0.3, -0.25) is 0 Å². The van der Waals surface area contributed by atoms with Gasteiger partial charge in [0.1, 0.15) is 6.29 Å². The lowest BCUT2D eigenvalue weighted by Gasteiger charge is -2.12. The summed E-state index contributed by atoms with van der Waals surface area (Å²) in [4.78, 5) is 10.9. The molecular formula is C11H11ClO. The Labute approximate surface area is 82.7 Å². The van der Waals surface area contributed by atoms with Crippen LogP contribution in [0, 0.1) is 6.92 Å². The van der Waals surface area contributed by atoms with Crippen molar-refractivity contribution in [1.29, 1.82) is 0 Å². The zero-order valence-electron chi connectivity index (χ0n) is 7.51. The van der Waals surface area contributed by atoms with Gasteiger partial charge in [-0.15, -0.1) is 0 Å². The number of halogens is 1. The van der Waals surface area contributed by atoms with Crippen molar-refractivity contribution in [3.63, 3.8) is 0 Å². The van der Waals surface area contributed by atoms with E-state index in [9.17, 15) is 4.79 Å². The number of hydrogen-bond acceptors (Lipinski definition) is 1. The predicted molar refractivity (Wildman–Crippen MR) is 53.2 cm³/mol. The van der Waals surface area contributed by atoms with E-state index in [2.05, 4.69) is 0 Å². The fraction of sp³-hybridized carbons (Fsp3) is 0.364. The molecule has 1 aliphatic rings.